The molecule has 0 fully saturated rings. The molecule has 1 unspecified atom stereocenters. The lowest BCUT2D eigenvalue weighted by molar-refractivity contribution is 0.125. The summed E-state index contributed by atoms with van der Waals surface area (Å²) >= 11 is 3.41. The van der Waals surface area contributed by atoms with E-state index in [1.165, 1.54) is 0 Å². The Hall–Kier alpha value is -0.450. The zero-order valence-corrected chi connectivity index (χ0v) is 8.41. The lowest BCUT2D eigenvalue weighted by atomic mass is 10.1. The third-order valence-corrected chi connectivity index (χ3v) is 2.27. The summed E-state index contributed by atoms with van der Waals surface area (Å²) in [5, 5.41) is 0. The van der Waals surface area contributed by atoms with Gasteiger partial charge in [-0.05, 0) is 28.1 Å². The van der Waals surface area contributed by atoms with Crippen molar-refractivity contribution in [1.29, 1.82) is 0 Å². The molecule has 0 aromatic carbocycles. The van der Waals surface area contributed by atoms with E-state index < -0.39 is 0 Å². The third kappa shape index (κ3) is 2.27. The number of aromatic nitrogens is 1. The predicted octanol–water partition coefficient (Wildman–Crippen LogP) is 1.84. The number of rotatable bonds is 3. The highest BCUT2D eigenvalue weighted by Crippen LogP contribution is 2.21. The fourth-order valence-corrected chi connectivity index (χ4v) is 1.63. The number of nitrogens with two attached hydrogens (primary N) is 1. The van der Waals surface area contributed by atoms with Crippen LogP contribution in [-0.4, -0.2) is 11.6 Å². The largest absolute Gasteiger partial charge is 0.304 e. The smallest absolute Gasteiger partial charge is 0.0760 e. The molecule has 1 aromatic heterocycles. The van der Waals surface area contributed by atoms with Crippen molar-refractivity contribution in [2.45, 2.75) is 12.8 Å². The summed E-state index contributed by atoms with van der Waals surface area (Å²) in [7, 11) is 0. The Bertz CT molecular complexity index is 255. The SMILES string of the molecule is CC(CON)c1ncccc1Br. The van der Waals surface area contributed by atoms with Crippen molar-refractivity contribution in [3.63, 3.8) is 0 Å². The van der Waals surface area contributed by atoms with E-state index in [0.29, 0.717) is 6.61 Å². The lowest BCUT2D eigenvalue weighted by Crippen LogP contribution is -2.10. The Kier molecular flexibility index (Phi) is 3.65. The minimum absolute atomic E-state index is 0.213. The van der Waals surface area contributed by atoms with E-state index in [-0.39, 0.29) is 5.92 Å². The van der Waals surface area contributed by atoms with Crippen LogP contribution in [0.2, 0.25) is 0 Å². The summed E-state index contributed by atoms with van der Waals surface area (Å²) in [5.41, 5.74) is 0.975. The van der Waals surface area contributed by atoms with Gasteiger partial charge in [-0.25, -0.2) is 5.90 Å². The molecule has 1 rings (SSSR count). The Balaban J connectivity index is 2.79. The topological polar surface area (TPSA) is 48.1 Å². The van der Waals surface area contributed by atoms with Crippen molar-refractivity contribution in [1.82, 2.24) is 4.98 Å². The van der Waals surface area contributed by atoms with Gasteiger partial charge in [-0.2, -0.15) is 0 Å². The van der Waals surface area contributed by atoms with Gasteiger partial charge in [0.25, 0.3) is 0 Å². The van der Waals surface area contributed by atoms with Crippen LogP contribution in [0.4, 0.5) is 0 Å². The normalized spacial score (nSPS) is 12.9. The van der Waals surface area contributed by atoms with E-state index in [0.717, 1.165) is 10.2 Å². The van der Waals surface area contributed by atoms with Crippen LogP contribution >= 0.6 is 15.9 Å². The van der Waals surface area contributed by atoms with Crippen molar-refractivity contribution in [3.05, 3.63) is 28.5 Å². The molecule has 1 atom stereocenters. The monoisotopic (exact) mass is 230 g/mol. The molecule has 1 heterocycles. The highest BCUT2D eigenvalue weighted by Gasteiger charge is 2.09. The Morgan fingerprint density at radius 1 is 1.75 bits per heavy atom. The van der Waals surface area contributed by atoms with E-state index in [1.807, 2.05) is 19.1 Å². The van der Waals surface area contributed by atoms with E-state index in [9.17, 15) is 0 Å². The maximum absolute atomic E-state index is 4.97. The van der Waals surface area contributed by atoms with Gasteiger partial charge in [0.1, 0.15) is 0 Å². The fraction of sp³-hybridized carbons (Fsp3) is 0.375. The Morgan fingerprint density at radius 3 is 3.08 bits per heavy atom. The molecule has 0 spiro atoms. The first kappa shape index (κ1) is 9.64. The van der Waals surface area contributed by atoms with Crippen LogP contribution in [0, 0.1) is 0 Å². The second-order valence-electron chi connectivity index (χ2n) is 2.60. The van der Waals surface area contributed by atoms with Gasteiger partial charge in [-0.3, -0.25) is 4.98 Å². The van der Waals surface area contributed by atoms with Crippen LogP contribution in [0.15, 0.2) is 22.8 Å². The van der Waals surface area contributed by atoms with Gasteiger partial charge < -0.3 is 4.84 Å². The van der Waals surface area contributed by atoms with Crippen molar-refractivity contribution < 1.29 is 4.84 Å². The molecular formula is C8H11BrN2O. The van der Waals surface area contributed by atoms with E-state index in [2.05, 4.69) is 25.8 Å². The van der Waals surface area contributed by atoms with Crippen LogP contribution in [0.3, 0.4) is 0 Å². The predicted molar refractivity (Wildman–Crippen MR) is 50.5 cm³/mol. The highest BCUT2D eigenvalue weighted by atomic mass is 79.9. The van der Waals surface area contributed by atoms with Gasteiger partial charge in [-0.15, -0.1) is 0 Å². The lowest BCUT2D eigenvalue weighted by Gasteiger charge is -2.09. The second-order valence-corrected chi connectivity index (χ2v) is 3.46. The van der Waals surface area contributed by atoms with E-state index in [1.54, 1.807) is 6.20 Å². The van der Waals surface area contributed by atoms with Crippen LogP contribution in [0.25, 0.3) is 0 Å². The first-order valence-corrected chi connectivity index (χ1v) is 4.47. The highest BCUT2D eigenvalue weighted by molar-refractivity contribution is 9.10. The molecule has 0 amide bonds. The Morgan fingerprint density at radius 2 is 2.50 bits per heavy atom. The van der Waals surface area contributed by atoms with Crippen molar-refractivity contribution in [2.24, 2.45) is 5.90 Å². The van der Waals surface area contributed by atoms with Crippen LogP contribution in [0.5, 0.6) is 0 Å². The average molecular weight is 231 g/mol. The van der Waals surface area contributed by atoms with Crippen LogP contribution in [0.1, 0.15) is 18.5 Å². The summed E-state index contributed by atoms with van der Waals surface area (Å²) in [5.74, 6) is 5.19. The molecule has 2 N–H and O–H groups in total. The average Bonchev–Trinajstić information content (AvgIpc) is 2.05. The minimum Gasteiger partial charge on any atom is -0.304 e. The van der Waals surface area contributed by atoms with E-state index >= 15 is 0 Å². The summed E-state index contributed by atoms with van der Waals surface area (Å²) in [6.07, 6.45) is 1.76. The molecule has 3 nitrogen and oxygen atoms in total. The van der Waals surface area contributed by atoms with Crippen molar-refractivity contribution in [2.75, 3.05) is 6.61 Å². The molecule has 12 heavy (non-hydrogen) atoms. The van der Waals surface area contributed by atoms with Gasteiger partial charge in [0, 0.05) is 16.6 Å². The van der Waals surface area contributed by atoms with Gasteiger partial charge in [0.15, 0.2) is 0 Å². The number of nitrogens with zero attached hydrogens (tertiary/aromatic N) is 1. The molecule has 0 bridgehead atoms. The first-order valence-electron chi connectivity index (χ1n) is 3.67. The first-order chi connectivity index (χ1) is 5.75. The number of hydrogen-bond donors (Lipinski definition) is 1. The fourth-order valence-electron chi connectivity index (χ4n) is 0.984. The quantitative estimate of drug-likeness (QED) is 0.807. The zero-order chi connectivity index (χ0) is 8.97. The molecule has 1 aromatic rings. The molecule has 66 valence electrons. The Labute approximate surface area is 80.0 Å². The molecule has 0 saturated heterocycles. The van der Waals surface area contributed by atoms with Gasteiger partial charge in [0.2, 0.25) is 0 Å². The molecule has 0 aliphatic heterocycles. The van der Waals surface area contributed by atoms with Crippen molar-refractivity contribution in [3.8, 4) is 0 Å². The summed E-state index contributed by atoms with van der Waals surface area (Å²) < 4.78 is 0.995. The van der Waals surface area contributed by atoms with Gasteiger partial charge in [0.05, 0.1) is 12.3 Å². The maximum atomic E-state index is 4.97. The van der Waals surface area contributed by atoms with Crippen LogP contribution in [-0.2, 0) is 4.84 Å². The molecule has 0 aliphatic rings. The van der Waals surface area contributed by atoms with Crippen LogP contribution < -0.4 is 5.90 Å². The third-order valence-electron chi connectivity index (χ3n) is 1.60. The second kappa shape index (κ2) is 4.54. The number of halogens is 1. The molecular weight excluding hydrogens is 220 g/mol. The molecule has 0 saturated carbocycles. The minimum atomic E-state index is 0.213. The maximum Gasteiger partial charge on any atom is 0.0760 e. The standard InChI is InChI=1S/C8H11BrN2O/c1-6(5-12-10)8-7(9)3-2-4-11-8/h2-4,6H,5,10H2,1H3. The van der Waals surface area contributed by atoms with Gasteiger partial charge >= 0.3 is 0 Å². The number of hydrogen-bond acceptors (Lipinski definition) is 3. The van der Waals surface area contributed by atoms with E-state index in [4.69, 9.17) is 5.90 Å². The summed E-state index contributed by atoms with van der Waals surface area (Å²) in [4.78, 5) is 8.77. The van der Waals surface area contributed by atoms with Gasteiger partial charge in [-0.1, -0.05) is 6.92 Å². The molecule has 0 radical (unpaired) electrons. The number of pyridine rings is 1. The molecule has 4 heteroatoms. The zero-order valence-electron chi connectivity index (χ0n) is 6.83. The summed E-state index contributed by atoms with van der Waals surface area (Å²) in [6.45, 7) is 2.50. The molecule has 0 aliphatic carbocycles. The summed E-state index contributed by atoms with van der Waals surface area (Å²) in [6, 6.07) is 3.83. The van der Waals surface area contributed by atoms with Crippen molar-refractivity contribution >= 4 is 15.9 Å².